The Morgan fingerprint density at radius 3 is 2.24 bits per heavy atom. The smallest absolute Gasteiger partial charge is 0.379 e. The highest BCUT2D eigenvalue weighted by Crippen LogP contribution is 2.31. The fourth-order valence-corrected chi connectivity index (χ4v) is 4.71. The SMILES string of the molecule is CCCCc1ccc(C(=O)N(Cc2cccc(OS(=O)(=O)c3cccc(C(F)(F)F)c3)c2)C(C)C)cc1. The molecule has 0 unspecified atom stereocenters. The van der Waals surface area contributed by atoms with Gasteiger partial charge in [-0.1, -0.05) is 43.7 Å². The molecule has 3 aromatic rings. The average Bonchev–Trinajstić information content (AvgIpc) is 2.85. The summed E-state index contributed by atoms with van der Waals surface area (Å²) in [7, 11) is -4.51. The fraction of sp³-hybridized carbons (Fsp3) is 0.321. The minimum Gasteiger partial charge on any atom is -0.379 e. The third kappa shape index (κ3) is 7.58. The number of rotatable bonds is 10. The normalized spacial score (nSPS) is 12.0. The summed E-state index contributed by atoms with van der Waals surface area (Å²) in [5, 5.41) is 0. The molecule has 5 nitrogen and oxygen atoms in total. The predicted octanol–water partition coefficient (Wildman–Crippen LogP) is 6.87. The van der Waals surface area contributed by atoms with Crippen molar-refractivity contribution in [1.82, 2.24) is 4.90 Å². The zero-order valence-electron chi connectivity index (χ0n) is 21.0. The summed E-state index contributed by atoms with van der Waals surface area (Å²) in [5.74, 6) is -0.230. The number of nitrogens with zero attached hydrogens (tertiary/aromatic N) is 1. The predicted molar refractivity (Wildman–Crippen MR) is 136 cm³/mol. The van der Waals surface area contributed by atoms with Gasteiger partial charge in [-0.3, -0.25) is 4.79 Å². The van der Waals surface area contributed by atoms with E-state index in [0.717, 1.165) is 37.5 Å². The van der Waals surface area contributed by atoms with E-state index in [1.54, 1.807) is 17.0 Å². The Kier molecular flexibility index (Phi) is 9.02. The highest BCUT2D eigenvalue weighted by atomic mass is 32.2. The molecule has 0 aliphatic rings. The molecule has 0 spiro atoms. The van der Waals surface area contributed by atoms with Crippen LogP contribution in [-0.4, -0.2) is 25.3 Å². The van der Waals surface area contributed by atoms with Crippen molar-refractivity contribution in [3.8, 4) is 5.75 Å². The summed E-state index contributed by atoms with van der Waals surface area (Å²) >= 11 is 0. The van der Waals surface area contributed by atoms with E-state index in [0.29, 0.717) is 17.2 Å². The number of amides is 1. The van der Waals surface area contributed by atoms with Crippen LogP contribution in [0.3, 0.4) is 0 Å². The molecule has 0 aromatic heterocycles. The number of halogens is 3. The monoisotopic (exact) mass is 533 g/mol. The van der Waals surface area contributed by atoms with Crippen molar-refractivity contribution in [1.29, 1.82) is 0 Å². The summed E-state index contributed by atoms with van der Waals surface area (Å²) in [6.45, 7) is 6.08. The van der Waals surface area contributed by atoms with Gasteiger partial charge in [-0.2, -0.15) is 21.6 Å². The van der Waals surface area contributed by atoms with Crippen molar-refractivity contribution in [3.05, 3.63) is 95.1 Å². The standard InChI is InChI=1S/C28H30F3NO4S/c1-4-5-8-21-13-15-23(16-14-21)27(33)32(20(2)3)19-22-9-6-11-25(17-22)36-37(34,35)26-12-7-10-24(18-26)28(29,30)31/h6-7,9-18,20H,4-5,8,19H2,1-3H3. The van der Waals surface area contributed by atoms with Gasteiger partial charge < -0.3 is 9.08 Å². The van der Waals surface area contributed by atoms with Crippen LogP contribution >= 0.6 is 0 Å². The van der Waals surface area contributed by atoms with Gasteiger partial charge in [-0.25, -0.2) is 0 Å². The van der Waals surface area contributed by atoms with E-state index < -0.39 is 26.8 Å². The van der Waals surface area contributed by atoms with E-state index in [9.17, 15) is 26.4 Å². The van der Waals surface area contributed by atoms with Crippen molar-refractivity contribution in [2.75, 3.05) is 0 Å². The Balaban J connectivity index is 1.78. The Hall–Kier alpha value is -3.33. The Labute approximate surface area is 216 Å². The van der Waals surface area contributed by atoms with Gasteiger partial charge in [-0.15, -0.1) is 0 Å². The highest BCUT2D eigenvalue weighted by Gasteiger charge is 2.32. The molecule has 1 amide bonds. The minimum absolute atomic E-state index is 0.0636. The molecule has 3 aromatic carbocycles. The molecular weight excluding hydrogens is 503 g/mol. The van der Waals surface area contributed by atoms with Gasteiger partial charge in [0.15, 0.2) is 0 Å². The number of aryl methyl sites for hydroxylation is 1. The summed E-state index contributed by atoms with van der Waals surface area (Å²) in [4.78, 5) is 14.3. The second-order valence-corrected chi connectivity index (χ2v) is 10.6. The molecule has 0 aliphatic carbocycles. The molecule has 9 heteroatoms. The summed E-state index contributed by atoms with van der Waals surface area (Å²) in [5.41, 5.74) is 1.24. The third-order valence-corrected chi connectivity index (χ3v) is 7.05. The molecule has 0 fully saturated rings. The highest BCUT2D eigenvalue weighted by molar-refractivity contribution is 7.87. The molecule has 0 bridgehead atoms. The van der Waals surface area contributed by atoms with Crippen LogP contribution in [0.1, 0.15) is 60.7 Å². The topological polar surface area (TPSA) is 63.7 Å². The van der Waals surface area contributed by atoms with E-state index in [1.165, 1.54) is 17.7 Å². The number of hydrogen-bond donors (Lipinski definition) is 0. The summed E-state index contributed by atoms with van der Waals surface area (Å²) < 4.78 is 69.5. The van der Waals surface area contributed by atoms with Crippen molar-refractivity contribution in [3.63, 3.8) is 0 Å². The van der Waals surface area contributed by atoms with Crippen molar-refractivity contribution in [2.45, 2.75) is 63.7 Å². The van der Waals surface area contributed by atoms with Gasteiger partial charge in [0.25, 0.3) is 5.91 Å². The molecule has 0 aliphatic heterocycles. The molecule has 0 N–H and O–H groups in total. The average molecular weight is 534 g/mol. The first-order valence-electron chi connectivity index (χ1n) is 12.0. The molecule has 0 saturated heterocycles. The number of alkyl halides is 3. The van der Waals surface area contributed by atoms with E-state index in [4.69, 9.17) is 4.18 Å². The first kappa shape index (κ1) is 28.2. The Morgan fingerprint density at radius 1 is 0.946 bits per heavy atom. The van der Waals surface area contributed by atoms with Gasteiger partial charge in [-0.05, 0) is 80.3 Å². The van der Waals surface area contributed by atoms with Gasteiger partial charge in [0.1, 0.15) is 10.6 Å². The fourth-order valence-electron chi connectivity index (χ4n) is 3.74. The van der Waals surface area contributed by atoms with Crippen LogP contribution in [0.4, 0.5) is 13.2 Å². The molecule has 0 atom stereocenters. The molecule has 37 heavy (non-hydrogen) atoms. The van der Waals surface area contributed by atoms with Crippen molar-refractivity contribution in [2.24, 2.45) is 0 Å². The minimum atomic E-state index is -4.69. The van der Waals surface area contributed by atoms with Crippen LogP contribution in [0.2, 0.25) is 0 Å². The maximum Gasteiger partial charge on any atom is 0.416 e. The zero-order chi connectivity index (χ0) is 27.2. The molecule has 198 valence electrons. The van der Waals surface area contributed by atoms with Crippen LogP contribution in [-0.2, 0) is 29.3 Å². The van der Waals surface area contributed by atoms with Crippen LogP contribution in [0.5, 0.6) is 5.75 Å². The number of benzene rings is 3. The molecular formula is C28H30F3NO4S. The van der Waals surface area contributed by atoms with E-state index >= 15 is 0 Å². The summed E-state index contributed by atoms with van der Waals surface area (Å²) in [6.07, 6.45) is -1.57. The molecule has 0 saturated carbocycles. The van der Waals surface area contributed by atoms with Crippen LogP contribution in [0.15, 0.2) is 77.7 Å². The van der Waals surface area contributed by atoms with Crippen LogP contribution in [0.25, 0.3) is 0 Å². The lowest BCUT2D eigenvalue weighted by Crippen LogP contribution is -2.36. The lowest BCUT2D eigenvalue weighted by Gasteiger charge is -2.27. The lowest BCUT2D eigenvalue weighted by molar-refractivity contribution is -0.137. The number of hydrogen-bond acceptors (Lipinski definition) is 4. The van der Waals surface area contributed by atoms with E-state index in [1.807, 2.05) is 38.1 Å². The quantitative estimate of drug-likeness (QED) is 0.267. The van der Waals surface area contributed by atoms with Crippen molar-refractivity contribution >= 4 is 16.0 Å². The Bertz CT molecular complexity index is 1320. The second kappa shape index (κ2) is 11.8. The number of carbonyl (C=O) groups excluding carboxylic acids is 1. The Morgan fingerprint density at radius 2 is 1.62 bits per heavy atom. The van der Waals surface area contributed by atoms with Crippen LogP contribution in [0, 0.1) is 0 Å². The first-order chi connectivity index (χ1) is 17.4. The van der Waals surface area contributed by atoms with Gasteiger partial charge in [0.05, 0.1) is 5.56 Å². The third-order valence-electron chi connectivity index (χ3n) is 5.81. The maximum absolute atomic E-state index is 13.2. The van der Waals surface area contributed by atoms with E-state index in [2.05, 4.69) is 6.92 Å². The first-order valence-corrected chi connectivity index (χ1v) is 13.4. The maximum atomic E-state index is 13.2. The number of carbonyl (C=O) groups is 1. The van der Waals surface area contributed by atoms with Gasteiger partial charge >= 0.3 is 16.3 Å². The molecule has 0 heterocycles. The summed E-state index contributed by atoms with van der Waals surface area (Å²) in [6, 6.07) is 16.9. The largest absolute Gasteiger partial charge is 0.416 e. The second-order valence-electron chi connectivity index (χ2n) is 9.04. The molecule has 3 rings (SSSR count). The van der Waals surface area contributed by atoms with Gasteiger partial charge in [0, 0.05) is 18.2 Å². The number of unbranched alkanes of at least 4 members (excludes halogenated alkanes) is 1. The molecule has 0 radical (unpaired) electrons. The van der Waals surface area contributed by atoms with Crippen molar-refractivity contribution < 1.29 is 30.6 Å². The van der Waals surface area contributed by atoms with E-state index in [-0.39, 0.29) is 24.2 Å². The lowest BCUT2D eigenvalue weighted by atomic mass is 10.0. The zero-order valence-corrected chi connectivity index (χ0v) is 21.8. The van der Waals surface area contributed by atoms with Crippen LogP contribution < -0.4 is 4.18 Å². The van der Waals surface area contributed by atoms with Gasteiger partial charge in [0.2, 0.25) is 0 Å².